The molecule has 1 N–H and O–H groups in total. The van der Waals surface area contributed by atoms with Gasteiger partial charge in [-0.05, 0) is 30.2 Å². The average molecular weight is 257 g/mol. The summed E-state index contributed by atoms with van der Waals surface area (Å²) in [6.45, 7) is 0. The van der Waals surface area contributed by atoms with Crippen molar-refractivity contribution in [2.45, 2.75) is 4.58 Å². The van der Waals surface area contributed by atoms with E-state index >= 15 is 0 Å². The van der Waals surface area contributed by atoms with Gasteiger partial charge in [0.1, 0.15) is 5.75 Å². The standard InChI is InChI=1S/C11H15NO2S2/c1-12-11(13)14-9-6-4-5-8(7-9)10(15-2)16-3/h4-7,10H,1-3H3,(H,12,13). The van der Waals surface area contributed by atoms with Gasteiger partial charge in [0, 0.05) is 7.05 Å². The second kappa shape index (κ2) is 6.70. The summed E-state index contributed by atoms with van der Waals surface area (Å²) in [6, 6.07) is 7.60. The van der Waals surface area contributed by atoms with E-state index in [2.05, 4.69) is 17.8 Å². The fraction of sp³-hybridized carbons (Fsp3) is 0.364. The minimum atomic E-state index is -0.443. The molecule has 1 rings (SSSR count). The van der Waals surface area contributed by atoms with Crippen LogP contribution in [0.2, 0.25) is 0 Å². The third-order valence-electron chi connectivity index (χ3n) is 1.97. The van der Waals surface area contributed by atoms with E-state index in [9.17, 15) is 4.79 Å². The molecular formula is C11H15NO2S2. The number of rotatable bonds is 4. The predicted octanol–water partition coefficient (Wildman–Crippen LogP) is 3.13. The van der Waals surface area contributed by atoms with Crippen molar-refractivity contribution in [3.05, 3.63) is 29.8 Å². The smallest absolute Gasteiger partial charge is 0.410 e. The van der Waals surface area contributed by atoms with Crippen LogP contribution in [0.25, 0.3) is 0 Å². The zero-order chi connectivity index (χ0) is 12.0. The summed E-state index contributed by atoms with van der Waals surface area (Å²) in [6.07, 6.45) is 3.68. The zero-order valence-electron chi connectivity index (χ0n) is 9.52. The summed E-state index contributed by atoms with van der Waals surface area (Å²) in [5, 5.41) is 2.42. The van der Waals surface area contributed by atoms with Crippen molar-refractivity contribution in [3.63, 3.8) is 0 Å². The predicted molar refractivity (Wildman–Crippen MR) is 71.3 cm³/mol. The first-order valence-corrected chi connectivity index (χ1v) is 7.34. The Morgan fingerprint density at radius 2 is 2.06 bits per heavy atom. The Balaban J connectivity index is 2.81. The van der Waals surface area contributed by atoms with Gasteiger partial charge >= 0.3 is 6.09 Å². The lowest BCUT2D eigenvalue weighted by atomic mass is 10.2. The van der Waals surface area contributed by atoms with Crippen molar-refractivity contribution in [2.75, 3.05) is 19.6 Å². The van der Waals surface area contributed by atoms with Gasteiger partial charge in [-0.3, -0.25) is 0 Å². The molecule has 1 aromatic rings. The van der Waals surface area contributed by atoms with Crippen LogP contribution in [0.15, 0.2) is 24.3 Å². The van der Waals surface area contributed by atoms with Crippen LogP contribution < -0.4 is 10.1 Å². The van der Waals surface area contributed by atoms with Gasteiger partial charge in [0.05, 0.1) is 4.58 Å². The minimum absolute atomic E-state index is 0.369. The van der Waals surface area contributed by atoms with E-state index < -0.39 is 6.09 Å². The first-order valence-electron chi connectivity index (χ1n) is 4.76. The van der Waals surface area contributed by atoms with Crippen molar-refractivity contribution in [1.29, 1.82) is 0 Å². The zero-order valence-corrected chi connectivity index (χ0v) is 11.2. The highest BCUT2D eigenvalue weighted by Crippen LogP contribution is 2.37. The maximum atomic E-state index is 11.1. The van der Waals surface area contributed by atoms with Crippen LogP contribution in [0.4, 0.5) is 4.79 Å². The van der Waals surface area contributed by atoms with E-state index in [1.165, 1.54) is 0 Å². The van der Waals surface area contributed by atoms with Crippen molar-refractivity contribution in [2.24, 2.45) is 0 Å². The molecule has 3 nitrogen and oxygen atoms in total. The molecule has 0 unspecified atom stereocenters. The van der Waals surface area contributed by atoms with Crippen LogP contribution in [0.3, 0.4) is 0 Å². The van der Waals surface area contributed by atoms with Crippen molar-refractivity contribution < 1.29 is 9.53 Å². The molecule has 0 saturated heterocycles. The number of hydrogen-bond donors (Lipinski definition) is 1. The van der Waals surface area contributed by atoms with E-state index in [1.807, 2.05) is 18.2 Å². The number of thioether (sulfide) groups is 2. The van der Waals surface area contributed by atoms with Gasteiger partial charge in [0.15, 0.2) is 0 Å². The number of carbonyl (C=O) groups excluding carboxylic acids is 1. The van der Waals surface area contributed by atoms with Gasteiger partial charge in [-0.25, -0.2) is 4.79 Å². The van der Waals surface area contributed by atoms with Gasteiger partial charge in [-0.1, -0.05) is 12.1 Å². The van der Waals surface area contributed by atoms with E-state index in [0.29, 0.717) is 10.3 Å². The summed E-state index contributed by atoms with van der Waals surface area (Å²) in [7, 11) is 1.54. The number of hydrogen-bond acceptors (Lipinski definition) is 4. The molecule has 88 valence electrons. The fourth-order valence-corrected chi connectivity index (χ4v) is 2.86. The Hall–Kier alpha value is -0.810. The molecule has 0 saturated carbocycles. The molecule has 1 amide bonds. The first kappa shape index (κ1) is 13.3. The lowest BCUT2D eigenvalue weighted by Gasteiger charge is -2.12. The molecule has 0 atom stereocenters. The lowest BCUT2D eigenvalue weighted by molar-refractivity contribution is 0.203. The van der Waals surface area contributed by atoms with E-state index in [1.54, 1.807) is 36.6 Å². The molecule has 16 heavy (non-hydrogen) atoms. The average Bonchev–Trinajstić information content (AvgIpc) is 2.31. The van der Waals surface area contributed by atoms with Gasteiger partial charge in [-0.2, -0.15) is 0 Å². The highest BCUT2D eigenvalue weighted by atomic mass is 32.2. The van der Waals surface area contributed by atoms with Crippen molar-refractivity contribution in [1.82, 2.24) is 5.32 Å². The van der Waals surface area contributed by atoms with Crippen LogP contribution in [-0.4, -0.2) is 25.7 Å². The monoisotopic (exact) mass is 257 g/mol. The van der Waals surface area contributed by atoms with Crippen LogP contribution >= 0.6 is 23.5 Å². The van der Waals surface area contributed by atoms with Crippen molar-refractivity contribution >= 4 is 29.6 Å². The van der Waals surface area contributed by atoms with E-state index in [4.69, 9.17) is 4.74 Å². The molecule has 0 aromatic heterocycles. The highest BCUT2D eigenvalue weighted by molar-refractivity contribution is 8.15. The molecule has 5 heteroatoms. The third kappa shape index (κ3) is 3.64. The Morgan fingerprint density at radius 3 is 2.62 bits per heavy atom. The maximum Gasteiger partial charge on any atom is 0.412 e. The SMILES string of the molecule is CNC(=O)Oc1cccc(C(SC)SC)c1. The number of benzene rings is 1. The maximum absolute atomic E-state index is 11.1. The summed E-state index contributed by atoms with van der Waals surface area (Å²) in [5.41, 5.74) is 1.15. The molecule has 0 bridgehead atoms. The molecule has 0 spiro atoms. The summed E-state index contributed by atoms with van der Waals surface area (Å²) >= 11 is 3.53. The Bertz CT molecular complexity index is 354. The van der Waals surface area contributed by atoms with Gasteiger partial charge in [-0.15, -0.1) is 23.5 Å². The normalized spacial score (nSPS) is 10.2. The Kier molecular flexibility index (Phi) is 5.55. The Morgan fingerprint density at radius 1 is 1.38 bits per heavy atom. The Labute approximate surface area is 104 Å². The minimum Gasteiger partial charge on any atom is -0.410 e. The molecule has 0 aliphatic rings. The number of carbonyl (C=O) groups is 1. The first-order chi connectivity index (χ1) is 7.71. The number of ether oxygens (including phenoxy) is 1. The van der Waals surface area contributed by atoms with Crippen LogP contribution in [0.1, 0.15) is 10.1 Å². The third-order valence-corrected chi connectivity index (χ3v) is 4.53. The van der Waals surface area contributed by atoms with Gasteiger partial charge in [0.2, 0.25) is 0 Å². The van der Waals surface area contributed by atoms with E-state index in [0.717, 1.165) is 5.56 Å². The van der Waals surface area contributed by atoms with Crippen LogP contribution in [0.5, 0.6) is 5.75 Å². The second-order valence-corrected chi connectivity index (χ2v) is 5.20. The van der Waals surface area contributed by atoms with Crippen LogP contribution in [0, 0.1) is 0 Å². The topological polar surface area (TPSA) is 38.3 Å². The molecule has 0 aliphatic heterocycles. The summed E-state index contributed by atoms with van der Waals surface area (Å²) < 4.78 is 5.44. The van der Waals surface area contributed by atoms with E-state index in [-0.39, 0.29) is 0 Å². The fourth-order valence-electron chi connectivity index (χ4n) is 1.25. The van der Waals surface area contributed by atoms with Crippen LogP contribution in [-0.2, 0) is 0 Å². The quantitative estimate of drug-likeness (QED) is 0.841. The molecule has 0 radical (unpaired) electrons. The molecular weight excluding hydrogens is 242 g/mol. The summed E-state index contributed by atoms with van der Waals surface area (Å²) in [5.74, 6) is 0.574. The van der Waals surface area contributed by atoms with Gasteiger partial charge in [0.25, 0.3) is 0 Å². The van der Waals surface area contributed by atoms with Crippen molar-refractivity contribution in [3.8, 4) is 5.75 Å². The lowest BCUT2D eigenvalue weighted by Crippen LogP contribution is -2.22. The van der Waals surface area contributed by atoms with Gasteiger partial charge < -0.3 is 10.1 Å². The second-order valence-electron chi connectivity index (χ2n) is 3.02. The highest BCUT2D eigenvalue weighted by Gasteiger charge is 2.09. The number of nitrogens with one attached hydrogen (secondary N) is 1. The summed E-state index contributed by atoms with van der Waals surface area (Å²) in [4.78, 5) is 11.1. The number of amides is 1. The molecule has 0 heterocycles. The molecule has 0 fully saturated rings. The largest absolute Gasteiger partial charge is 0.412 e. The molecule has 1 aromatic carbocycles. The molecule has 0 aliphatic carbocycles.